The van der Waals surface area contributed by atoms with E-state index in [9.17, 15) is 0 Å². The maximum Gasteiger partial charge on any atom is 0.0220 e. The summed E-state index contributed by atoms with van der Waals surface area (Å²) in [7, 11) is 2.28. The highest BCUT2D eigenvalue weighted by atomic mass is 15.2. The van der Waals surface area contributed by atoms with Crippen LogP contribution in [0.1, 0.15) is 32.1 Å². The first kappa shape index (κ1) is 9.47. The molecule has 1 heterocycles. The van der Waals surface area contributed by atoms with Gasteiger partial charge in [-0.25, -0.2) is 0 Å². The van der Waals surface area contributed by atoms with Crippen molar-refractivity contribution in [2.75, 3.05) is 26.7 Å². The Bertz CT molecular complexity index is 152. The molecule has 2 rings (SSSR count). The van der Waals surface area contributed by atoms with Crippen LogP contribution in [0.3, 0.4) is 0 Å². The van der Waals surface area contributed by atoms with E-state index in [1.54, 1.807) is 0 Å². The third-order valence-electron chi connectivity index (χ3n) is 3.72. The zero-order chi connectivity index (χ0) is 9.10. The number of nitrogens with one attached hydrogen (secondary N) is 1. The summed E-state index contributed by atoms with van der Waals surface area (Å²) in [4.78, 5) is 2.54. The van der Waals surface area contributed by atoms with Crippen molar-refractivity contribution in [3.8, 4) is 0 Å². The molecule has 2 fully saturated rings. The maximum absolute atomic E-state index is 3.50. The van der Waals surface area contributed by atoms with Crippen LogP contribution >= 0.6 is 0 Å². The molecule has 1 atom stereocenters. The number of hydrogen-bond donors (Lipinski definition) is 1. The molecule has 0 amide bonds. The van der Waals surface area contributed by atoms with E-state index >= 15 is 0 Å². The number of rotatable bonds is 2. The van der Waals surface area contributed by atoms with Crippen molar-refractivity contribution in [1.29, 1.82) is 0 Å². The minimum Gasteiger partial charge on any atom is -0.314 e. The van der Waals surface area contributed by atoms with Gasteiger partial charge < -0.3 is 10.2 Å². The minimum absolute atomic E-state index is 0.817. The fraction of sp³-hybridized carbons (Fsp3) is 1.00. The molecule has 1 aliphatic heterocycles. The van der Waals surface area contributed by atoms with Gasteiger partial charge >= 0.3 is 0 Å². The smallest absolute Gasteiger partial charge is 0.0220 e. The van der Waals surface area contributed by atoms with Crippen LogP contribution in [0, 0.1) is 5.92 Å². The summed E-state index contributed by atoms with van der Waals surface area (Å²) in [6, 6.07) is 0.817. The fourth-order valence-corrected chi connectivity index (χ4v) is 2.76. The Hall–Kier alpha value is -0.0800. The monoisotopic (exact) mass is 182 g/mol. The van der Waals surface area contributed by atoms with Crippen molar-refractivity contribution in [1.82, 2.24) is 10.2 Å². The van der Waals surface area contributed by atoms with Crippen LogP contribution < -0.4 is 5.32 Å². The predicted octanol–water partition coefficient (Wildman–Crippen LogP) is 1.47. The average molecular weight is 182 g/mol. The molecule has 2 heteroatoms. The molecule has 0 radical (unpaired) electrons. The van der Waals surface area contributed by atoms with Crippen molar-refractivity contribution in [3.63, 3.8) is 0 Å². The lowest BCUT2D eigenvalue weighted by atomic mass is 9.96. The molecule has 2 nitrogen and oxygen atoms in total. The lowest BCUT2D eigenvalue weighted by Gasteiger charge is -2.34. The van der Waals surface area contributed by atoms with Crippen molar-refractivity contribution >= 4 is 0 Å². The van der Waals surface area contributed by atoms with Crippen molar-refractivity contribution < 1.29 is 0 Å². The SMILES string of the molecule is CN1CCNCC1CC1CCCC1. The molecular formula is C11H22N2. The lowest BCUT2D eigenvalue weighted by Crippen LogP contribution is -2.49. The van der Waals surface area contributed by atoms with Gasteiger partial charge in [0.05, 0.1) is 0 Å². The van der Waals surface area contributed by atoms with E-state index in [2.05, 4.69) is 17.3 Å². The lowest BCUT2D eigenvalue weighted by molar-refractivity contribution is 0.171. The first-order valence-corrected chi connectivity index (χ1v) is 5.77. The normalized spacial score (nSPS) is 32.5. The molecule has 76 valence electrons. The molecular weight excluding hydrogens is 160 g/mol. The van der Waals surface area contributed by atoms with Gasteiger partial charge in [-0.3, -0.25) is 0 Å². The van der Waals surface area contributed by atoms with Crippen LogP contribution in [0.15, 0.2) is 0 Å². The molecule has 0 aromatic heterocycles. The summed E-state index contributed by atoms with van der Waals surface area (Å²) in [6.45, 7) is 3.63. The van der Waals surface area contributed by atoms with Crippen molar-refractivity contribution in [2.45, 2.75) is 38.1 Å². The molecule has 1 saturated carbocycles. The molecule has 1 unspecified atom stereocenters. The van der Waals surface area contributed by atoms with E-state index in [1.165, 1.54) is 51.7 Å². The molecule has 0 aromatic carbocycles. The van der Waals surface area contributed by atoms with E-state index in [1.807, 2.05) is 0 Å². The summed E-state index contributed by atoms with van der Waals surface area (Å²) in [6.07, 6.45) is 7.38. The highest BCUT2D eigenvalue weighted by Gasteiger charge is 2.24. The van der Waals surface area contributed by atoms with Crippen molar-refractivity contribution in [3.05, 3.63) is 0 Å². The van der Waals surface area contributed by atoms with E-state index < -0.39 is 0 Å². The van der Waals surface area contributed by atoms with Gasteiger partial charge in [-0.2, -0.15) is 0 Å². The van der Waals surface area contributed by atoms with Gasteiger partial charge in [-0.1, -0.05) is 25.7 Å². The average Bonchev–Trinajstić information content (AvgIpc) is 2.61. The van der Waals surface area contributed by atoms with Gasteiger partial charge in [0.15, 0.2) is 0 Å². The second kappa shape index (κ2) is 4.43. The first-order valence-electron chi connectivity index (χ1n) is 5.77. The van der Waals surface area contributed by atoms with Crippen LogP contribution in [-0.4, -0.2) is 37.6 Å². The Morgan fingerprint density at radius 3 is 2.77 bits per heavy atom. The number of likely N-dealkylation sites (N-methyl/N-ethyl adjacent to an activating group) is 1. The third-order valence-corrected chi connectivity index (χ3v) is 3.72. The molecule has 0 spiro atoms. The van der Waals surface area contributed by atoms with E-state index in [4.69, 9.17) is 0 Å². The summed E-state index contributed by atoms with van der Waals surface area (Å²) in [5.74, 6) is 1.03. The second-order valence-electron chi connectivity index (χ2n) is 4.72. The van der Waals surface area contributed by atoms with E-state index in [0.29, 0.717) is 0 Å². The predicted molar refractivity (Wildman–Crippen MR) is 55.9 cm³/mol. The molecule has 1 N–H and O–H groups in total. The number of piperazine rings is 1. The number of hydrogen-bond acceptors (Lipinski definition) is 2. The quantitative estimate of drug-likeness (QED) is 0.695. The topological polar surface area (TPSA) is 15.3 Å². The molecule has 1 saturated heterocycles. The van der Waals surface area contributed by atoms with Crippen LogP contribution in [-0.2, 0) is 0 Å². The van der Waals surface area contributed by atoms with Gasteiger partial charge in [0.1, 0.15) is 0 Å². The Kier molecular flexibility index (Phi) is 3.23. The standard InChI is InChI=1S/C11H22N2/c1-13-7-6-12-9-11(13)8-10-4-2-3-5-10/h10-12H,2-9H2,1H3. The molecule has 13 heavy (non-hydrogen) atoms. The van der Waals surface area contributed by atoms with Crippen LogP contribution in [0.4, 0.5) is 0 Å². The van der Waals surface area contributed by atoms with Crippen LogP contribution in [0.25, 0.3) is 0 Å². The van der Waals surface area contributed by atoms with Crippen molar-refractivity contribution in [2.24, 2.45) is 5.92 Å². The Labute approximate surface area is 81.7 Å². The maximum atomic E-state index is 3.50. The summed E-state index contributed by atoms with van der Waals surface area (Å²) < 4.78 is 0. The largest absolute Gasteiger partial charge is 0.314 e. The Balaban J connectivity index is 1.78. The zero-order valence-electron chi connectivity index (χ0n) is 8.76. The zero-order valence-corrected chi connectivity index (χ0v) is 8.76. The van der Waals surface area contributed by atoms with Crippen LogP contribution in [0.2, 0.25) is 0 Å². The van der Waals surface area contributed by atoms with Gasteiger partial charge in [-0.15, -0.1) is 0 Å². The molecule has 0 aromatic rings. The molecule has 0 bridgehead atoms. The number of nitrogens with zero attached hydrogens (tertiary/aromatic N) is 1. The van der Waals surface area contributed by atoms with E-state index in [0.717, 1.165) is 12.0 Å². The van der Waals surface area contributed by atoms with Crippen LogP contribution in [0.5, 0.6) is 0 Å². The first-order chi connectivity index (χ1) is 6.36. The highest BCUT2D eigenvalue weighted by molar-refractivity contribution is 4.81. The molecule has 2 aliphatic rings. The van der Waals surface area contributed by atoms with E-state index in [-0.39, 0.29) is 0 Å². The van der Waals surface area contributed by atoms with Gasteiger partial charge in [0.25, 0.3) is 0 Å². The highest BCUT2D eigenvalue weighted by Crippen LogP contribution is 2.29. The van der Waals surface area contributed by atoms with Gasteiger partial charge in [0.2, 0.25) is 0 Å². The third kappa shape index (κ3) is 2.44. The summed E-state index contributed by atoms with van der Waals surface area (Å²) in [5.41, 5.74) is 0. The summed E-state index contributed by atoms with van der Waals surface area (Å²) in [5, 5.41) is 3.50. The van der Waals surface area contributed by atoms with Gasteiger partial charge in [0, 0.05) is 25.7 Å². The Morgan fingerprint density at radius 1 is 1.31 bits per heavy atom. The Morgan fingerprint density at radius 2 is 2.08 bits per heavy atom. The minimum atomic E-state index is 0.817. The second-order valence-corrected chi connectivity index (χ2v) is 4.72. The van der Waals surface area contributed by atoms with Gasteiger partial charge in [-0.05, 0) is 19.4 Å². The molecule has 1 aliphatic carbocycles. The fourth-order valence-electron chi connectivity index (χ4n) is 2.76. The summed E-state index contributed by atoms with van der Waals surface area (Å²) >= 11 is 0.